The predicted octanol–water partition coefficient (Wildman–Crippen LogP) is 5.66. The third kappa shape index (κ3) is 4.64. The number of carboxylic acids is 1. The van der Waals surface area contributed by atoms with Crippen LogP contribution in [0, 0.1) is 6.92 Å². The molecule has 32 heavy (non-hydrogen) atoms. The molecule has 0 aliphatic heterocycles. The van der Waals surface area contributed by atoms with Gasteiger partial charge in [-0.2, -0.15) is 0 Å². The summed E-state index contributed by atoms with van der Waals surface area (Å²) in [6.07, 6.45) is 0.807. The number of carboxylic acid groups (broad SMARTS) is 1. The average molecular weight is 456 g/mol. The zero-order valence-corrected chi connectivity index (χ0v) is 18.4. The number of ether oxygens (including phenoxy) is 2. The summed E-state index contributed by atoms with van der Waals surface area (Å²) in [5, 5.41) is 10.8. The van der Waals surface area contributed by atoms with E-state index in [1.165, 1.54) is 0 Å². The minimum absolute atomic E-state index is 0.195. The molecule has 0 fully saturated rings. The number of aryl methyl sites for hydroxylation is 1. The molecular formula is C24H22ClNO6. The number of benzene rings is 2. The molecule has 1 atom stereocenters. The molecule has 2 aromatic carbocycles. The second-order valence-electron chi connectivity index (χ2n) is 7.19. The molecule has 0 aliphatic carbocycles. The Morgan fingerprint density at radius 1 is 1.19 bits per heavy atom. The van der Waals surface area contributed by atoms with Gasteiger partial charge in [-0.25, -0.2) is 9.78 Å². The van der Waals surface area contributed by atoms with Gasteiger partial charge in [-0.05, 0) is 55.8 Å². The first-order valence-corrected chi connectivity index (χ1v) is 10.5. The van der Waals surface area contributed by atoms with Crippen molar-refractivity contribution in [1.82, 2.24) is 4.98 Å². The van der Waals surface area contributed by atoms with Crippen molar-refractivity contribution in [2.75, 3.05) is 6.61 Å². The van der Waals surface area contributed by atoms with Crippen molar-refractivity contribution >= 4 is 28.5 Å². The van der Waals surface area contributed by atoms with Crippen LogP contribution >= 0.6 is 11.6 Å². The average Bonchev–Trinajstić information content (AvgIpc) is 3.40. The van der Waals surface area contributed by atoms with E-state index < -0.39 is 12.1 Å². The van der Waals surface area contributed by atoms with Gasteiger partial charge in [0.1, 0.15) is 29.4 Å². The van der Waals surface area contributed by atoms with Crippen molar-refractivity contribution in [2.24, 2.45) is 0 Å². The highest BCUT2D eigenvalue weighted by molar-refractivity contribution is 6.30. The summed E-state index contributed by atoms with van der Waals surface area (Å²) in [4.78, 5) is 16.0. The van der Waals surface area contributed by atoms with Gasteiger partial charge in [0.05, 0.1) is 11.6 Å². The van der Waals surface area contributed by atoms with Crippen molar-refractivity contribution in [3.05, 3.63) is 70.8 Å². The maximum atomic E-state index is 11.4. The third-order valence-corrected chi connectivity index (χ3v) is 5.31. The Hall–Kier alpha value is -3.29. The summed E-state index contributed by atoms with van der Waals surface area (Å²) in [5.74, 6) is 0.759. The molecule has 0 saturated heterocycles. The number of carbonyl (C=O) groups is 1. The third-order valence-electron chi connectivity index (χ3n) is 5.06. The van der Waals surface area contributed by atoms with Crippen molar-refractivity contribution in [3.63, 3.8) is 0 Å². The lowest BCUT2D eigenvalue weighted by molar-refractivity contribution is -0.149. The SMILES string of the molecule is CCOC(Cc1ccc(OCc2nc(-c3ccc(Cl)cc3)oc2C)c2ccoc12)C(=O)O. The van der Waals surface area contributed by atoms with Crippen LogP contribution in [-0.2, 0) is 22.6 Å². The summed E-state index contributed by atoms with van der Waals surface area (Å²) in [7, 11) is 0. The number of nitrogens with zero attached hydrogens (tertiary/aromatic N) is 1. The molecular weight excluding hydrogens is 434 g/mol. The Morgan fingerprint density at radius 2 is 1.97 bits per heavy atom. The number of hydrogen-bond donors (Lipinski definition) is 1. The molecule has 1 N–H and O–H groups in total. The van der Waals surface area contributed by atoms with Crippen LogP contribution in [0.25, 0.3) is 22.4 Å². The van der Waals surface area contributed by atoms with Crippen LogP contribution in [0.15, 0.2) is 57.6 Å². The van der Waals surface area contributed by atoms with Crippen LogP contribution in [0.4, 0.5) is 0 Å². The lowest BCUT2D eigenvalue weighted by Crippen LogP contribution is -2.26. The highest BCUT2D eigenvalue weighted by Crippen LogP contribution is 2.32. The number of halogens is 1. The molecule has 7 nitrogen and oxygen atoms in total. The lowest BCUT2D eigenvalue weighted by atomic mass is 10.0. The van der Waals surface area contributed by atoms with E-state index in [0.717, 1.165) is 16.5 Å². The van der Waals surface area contributed by atoms with Gasteiger partial charge in [0.15, 0.2) is 6.10 Å². The fourth-order valence-corrected chi connectivity index (χ4v) is 3.55. The van der Waals surface area contributed by atoms with E-state index in [1.807, 2.05) is 19.1 Å². The Labute approximate surface area is 189 Å². The van der Waals surface area contributed by atoms with Crippen molar-refractivity contribution in [1.29, 1.82) is 0 Å². The van der Waals surface area contributed by atoms with Gasteiger partial charge in [0.25, 0.3) is 0 Å². The number of aromatic nitrogens is 1. The number of rotatable bonds is 9. The van der Waals surface area contributed by atoms with Gasteiger partial charge in [-0.15, -0.1) is 0 Å². The number of aliphatic carboxylic acids is 1. The fourth-order valence-electron chi connectivity index (χ4n) is 3.42. The maximum absolute atomic E-state index is 11.4. The molecule has 166 valence electrons. The Bertz CT molecular complexity index is 1230. The molecule has 8 heteroatoms. The monoisotopic (exact) mass is 455 g/mol. The van der Waals surface area contributed by atoms with E-state index in [1.54, 1.807) is 43.5 Å². The van der Waals surface area contributed by atoms with Crippen LogP contribution in [0.3, 0.4) is 0 Å². The smallest absolute Gasteiger partial charge is 0.333 e. The summed E-state index contributed by atoms with van der Waals surface area (Å²) < 4.78 is 22.8. The van der Waals surface area contributed by atoms with E-state index >= 15 is 0 Å². The maximum Gasteiger partial charge on any atom is 0.333 e. The molecule has 4 aromatic rings. The molecule has 0 spiro atoms. The van der Waals surface area contributed by atoms with Crippen molar-refractivity contribution < 1.29 is 28.2 Å². The molecule has 2 aromatic heterocycles. The summed E-state index contributed by atoms with van der Waals surface area (Å²) in [6.45, 7) is 4.12. The van der Waals surface area contributed by atoms with Crippen molar-refractivity contribution in [2.45, 2.75) is 33.0 Å². The predicted molar refractivity (Wildman–Crippen MR) is 119 cm³/mol. The number of hydrogen-bond acceptors (Lipinski definition) is 6. The van der Waals surface area contributed by atoms with Gasteiger partial charge in [-0.1, -0.05) is 17.7 Å². The molecule has 0 aliphatic rings. The van der Waals surface area contributed by atoms with Crippen LogP contribution in [0.1, 0.15) is 23.9 Å². The lowest BCUT2D eigenvalue weighted by Gasteiger charge is -2.13. The molecule has 2 heterocycles. The second kappa shape index (κ2) is 9.46. The topological polar surface area (TPSA) is 94.9 Å². The Morgan fingerprint density at radius 3 is 2.69 bits per heavy atom. The van der Waals surface area contributed by atoms with E-state index in [2.05, 4.69) is 4.98 Å². The van der Waals surface area contributed by atoms with Gasteiger partial charge >= 0.3 is 5.97 Å². The first-order chi connectivity index (χ1) is 15.5. The first kappa shape index (κ1) is 21.9. The standard InChI is InChI=1S/C24H22ClNO6/c1-3-29-21(24(27)28)12-16-6-9-20(18-10-11-30-22(16)18)31-13-19-14(2)32-23(26-19)15-4-7-17(25)8-5-15/h4-11,21H,3,12-13H2,1-2H3,(H,27,28). The first-order valence-electron chi connectivity index (χ1n) is 10.1. The molecule has 0 bridgehead atoms. The number of oxazole rings is 1. The Balaban J connectivity index is 1.53. The minimum Gasteiger partial charge on any atom is -0.486 e. The van der Waals surface area contributed by atoms with Crippen LogP contribution < -0.4 is 4.74 Å². The van der Waals surface area contributed by atoms with Gasteiger partial charge in [-0.3, -0.25) is 0 Å². The molecule has 0 amide bonds. The Kier molecular flexibility index (Phi) is 6.48. The zero-order valence-electron chi connectivity index (χ0n) is 17.6. The number of furan rings is 1. The largest absolute Gasteiger partial charge is 0.486 e. The molecule has 1 unspecified atom stereocenters. The van der Waals surface area contributed by atoms with E-state index in [9.17, 15) is 9.90 Å². The summed E-state index contributed by atoms with van der Waals surface area (Å²) in [5.41, 5.74) is 2.82. The fraction of sp³-hybridized carbons (Fsp3) is 0.250. The van der Waals surface area contributed by atoms with E-state index in [-0.39, 0.29) is 13.0 Å². The highest BCUT2D eigenvalue weighted by atomic mass is 35.5. The molecule has 0 radical (unpaired) electrons. The second-order valence-corrected chi connectivity index (χ2v) is 7.63. The van der Waals surface area contributed by atoms with Crippen LogP contribution in [0.2, 0.25) is 5.02 Å². The van der Waals surface area contributed by atoms with E-state index in [0.29, 0.717) is 40.3 Å². The van der Waals surface area contributed by atoms with E-state index in [4.69, 9.17) is 29.9 Å². The highest BCUT2D eigenvalue weighted by Gasteiger charge is 2.21. The normalized spacial score (nSPS) is 12.2. The summed E-state index contributed by atoms with van der Waals surface area (Å²) >= 11 is 5.95. The van der Waals surface area contributed by atoms with Gasteiger partial charge < -0.3 is 23.4 Å². The van der Waals surface area contributed by atoms with Gasteiger partial charge in [0, 0.05) is 23.6 Å². The zero-order chi connectivity index (χ0) is 22.7. The minimum atomic E-state index is -1.01. The van der Waals surface area contributed by atoms with Crippen molar-refractivity contribution in [3.8, 4) is 17.2 Å². The quantitative estimate of drug-likeness (QED) is 0.348. The van der Waals surface area contributed by atoms with Crippen LogP contribution in [0.5, 0.6) is 5.75 Å². The van der Waals surface area contributed by atoms with Gasteiger partial charge in [0.2, 0.25) is 5.89 Å². The van der Waals surface area contributed by atoms with Crippen LogP contribution in [-0.4, -0.2) is 28.8 Å². The summed E-state index contributed by atoms with van der Waals surface area (Å²) in [6, 6.07) is 12.6. The molecule has 0 saturated carbocycles. The molecule has 4 rings (SSSR count). The number of fused-ring (bicyclic) bond motifs is 1.